The SMILES string of the molecule is C=C/C=C\c1nc(-c2cccc3oc4ccc(-c5cccc(-c6nc7ccccc7n6-c6ccccc6)c5)cc4c23)n(-c2ccccc2)c1C. The molecule has 0 fully saturated rings. The lowest BCUT2D eigenvalue weighted by Crippen LogP contribution is -1.99. The number of hydrogen-bond donors (Lipinski definition) is 0. The van der Waals surface area contributed by atoms with Gasteiger partial charge in [-0.3, -0.25) is 9.13 Å². The lowest BCUT2D eigenvalue weighted by molar-refractivity contribution is 0.669. The van der Waals surface area contributed by atoms with Crippen LogP contribution >= 0.6 is 0 Å². The highest BCUT2D eigenvalue weighted by Crippen LogP contribution is 2.40. The van der Waals surface area contributed by atoms with Crippen molar-refractivity contribution in [2.24, 2.45) is 0 Å². The van der Waals surface area contributed by atoms with Gasteiger partial charge in [0, 0.05) is 39.0 Å². The van der Waals surface area contributed by atoms with Crippen LogP contribution in [0.3, 0.4) is 0 Å². The number of imidazole rings is 2. The Hall–Kier alpha value is -6.72. The fraction of sp³-hybridized carbons (Fsp3) is 0.0222. The van der Waals surface area contributed by atoms with Crippen LogP contribution in [0.4, 0.5) is 0 Å². The molecule has 0 amide bonds. The summed E-state index contributed by atoms with van der Waals surface area (Å²) in [5.74, 6) is 1.76. The van der Waals surface area contributed by atoms with E-state index in [4.69, 9.17) is 14.4 Å². The van der Waals surface area contributed by atoms with Gasteiger partial charge < -0.3 is 4.42 Å². The van der Waals surface area contributed by atoms with Crippen LogP contribution in [0.1, 0.15) is 11.4 Å². The molecule has 238 valence electrons. The Morgan fingerprint density at radius 1 is 0.600 bits per heavy atom. The van der Waals surface area contributed by atoms with Gasteiger partial charge in [-0.25, -0.2) is 9.97 Å². The second-order valence-corrected chi connectivity index (χ2v) is 12.3. The van der Waals surface area contributed by atoms with Crippen molar-refractivity contribution in [1.82, 2.24) is 19.1 Å². The number of fused-ring (bicyclic) bond motifs is 4. The molecule has 0 aliphatic carbocycles. The molecule has 9 aromatic rings. The highest BCUT2D eigenvalue weighted by atomic mass is 16.3. The molecule has 3 heterocycles. The van der Waals surface area contributed by atoms with Crippen LogP contribution in [0.15, 0.2) is 169 Å². The molecule has 0 saturated heterocycles. The Bertz CT molecular complexity index is 2730. The van der Waals surface area contributed by atoms with Crippen LogP contribution in [0.2, 0.25) is 0 Å². The maximum absolute atomic E-state index is 6.47. The van der Waals surface area contributed by atoms with E-state index in [1.54, 1.807) is 6.08 Å². The first-order valence-electron chi connectivity index (χ1n) is 16.7. The van der Waals surface area contributed by atoms with Gasteiger partial charge in [0.05, 0.1) is 16.7 Å². The van der Waals surface area contributed by atoms with Crippen LogP contribution in [-0.4, -0.2) is 19.1 Å². The topological polar surface area (TPSA) is 48.8 Å². The summed E-state index contributed by atoms with van der Waals surface area (Å²) >= 11 is 0. The Balaban J connectivity index is 1.22. The average molecular weight is 645 g/mol. The zero-order valence-electron chi connectivity index (χ0n) is 27.5. The molecule has 0 radical (unpaired) electrons. The largest absolute Gasteiger partial charge is 0.456 e. The Morgan fingerprint density at radius 3 is 2.10 bits per heavy atom. The van der Waals surface area contributed by atoms with E-state index < -0.39 is 0 Å². The monoisotopic (exact) mass is 644 g/mol. The summed E-state index contributed by atoms with van der Waals surface area (Å²) in [4.78, 5) is 10.3. The molecule has 9 rings (SSSR count). The maximum Gasteiger partial charge on any atom is 0.146 e. The minimum Gasteiger partial charge on any atom is -0.456 e. The minimum atomic E-state index is 0.823. The van der Waals surface area contributed by atoms with Crippen molar-refractivity contribution in [3.05, 3.63) is 176 Å². The molecule has 5 heteroatoms. The van der Waals surface area contributed by atoms with E-state index in [1.807, 2.05) is 42.5 Å². The second kappa shape index (κ2) is 12.1. The zero-order valence-corrected chi connectivity index (χ0v) is 27.5. The molecule has 3 aromatic heterocycles. The Labute approximate surface area is 289 Å². The number of nitrogens with zero attached hydrogens (tertiary/aromatic N) is 4. The van der Waals surface area contributed by atoms with Crippen molar-refractivity contribution < 1.29 is 4.42 Å². The number of rotatable bonds is 7. The third-order valence-electron chi connectivity index (χ3n) is 9.31. The number of furan rings is 1. The second-order valence-electron chi connectivity index (χ2n) is 12.3. The Morgan fingerprint density at radius 2 is 1.30 bits per heavy atom. The van der Waals surface area contributed by atoms with Crippen LogP contribution in [0.5, 0.6) is 0 Å². The van der Waals surface area contributed by atoms with Crippen molar-refractivity contribution in [3.8, 4) is 45.3 Å². The molecule has 0 unspecified atom stereocenters. The lowest BCUT2D eigenvalue weighted by Gasteiger charge is -2.12. The smallest absolute Gasteiger partial charge is 0.146 e. The minimum absolute atomic E-state index is 0.823. The van der Waals surface area contributed by atoms with E-state index >= 15 is 0 Å². The fourth-order valence-electron chi connectivity index (χ4n) is 7.00. The maximum atomic E-state index is 6.47. The number of para-hydroxylation sites is 4. The summed E-state index contributed by atoms with van der Waals surface area (Å²) in [6.07, 6.45) is 5.71. The molecular formula is C45H32N4O. The van der Waals surface area contributed by atoms with E-state index in [0.29, 0.717) is 0 Å². The standard InChI is InChI=1S/C45H32N4O/c1-3-4-22-38-30(2)48(34-17-7-5-8-18-34)45(46-38)36-21-14-25-42-43(36)37-29-32(26-27-41(37)50-42)31-15-13-16-33(28-31)44-47-39-23-11-12-24-40(39)49(44)35-19-9-6-10-20-35/h3-29H,1H2,2H3/b22-4-. The van der Waals surface area contributed by atoms with E-state index in [2.05, 4.69) is 138 Å². The summed E-state index contributed by atoms with van der Waals surface area (Å²) in [6, 6.07) is 50.4. The van der Waals surface area contributed by atoms with Crippen molar-refractivity contribution in [3.63, 3.8) is 0 Å². The predicted octanol–water partition coefficient (Wildman–Crippen LogP) is 11.6. The van der Waals surface area contributed by atoms with Gasteiger partial charge >= 0.3 is 0 Å². The zero-order chi connectivity index (χ0) is 33.6. The van der Waals surface area contributed by atoms with Crippen LogP contribution in [0.25, 0.3) is 84.3 Å². The summed E-state index contributed by atoms with van der Waals surface area (Å²) < 4.78 is 10.9. The van der Waals surface area contributed by atoms with Gasteiger partial charge in [-0.05, 0) is 84.8 Å². The molecule has 0 atom stereocenters. The number of aromatic nitrogens is 4. The normalized spacial score (nSPS) is 11.7. The van der Waals surface area contributed by atoms with Gasteiger partial charge in [0.25, 0.3) is 0 Å². The van der Waals surface area contributed by atoms with Gasteiger partial charge in [0.15, 0.2) is 0 Å². The molecule has 0 aliphatic rings. The number of hydrogen-bond acceptors (Lipinski definition) is 3. The van der Waals surface area contributed by atoms with Gasteiger partial charge in [-0.2, -0.15) is 0 Å². The van der Waals surface area contributed by atoms with Gasteiger partial charge in [-0.1, -0.05) is 104 Å². The quantitative estimate of drug-likeness (QED) is 0.162. The van der Waals surface area contributed by atoms with E-state index in [0.717, 1.165) is 89.6 Å². The van der Waals surface area contributed by atoms with E-state index in [1.165, 1.54) is 0 Å². The van der Waals surface area contributed by atoms with E-state index in [-0.39, 0.29) is 0 Å². The fourth-order valence-corrected chi connectivity index (χ4v) is 7.00. The molecule has 6 aromatic carbocycles. The molecule has 0 N–H and O–H groups in total. The Kier molecular flexibility index (Phi) is 7.10. The van der Waals surface area contributed by atoms with Gasteiger partial charge in [-0.15, -0.1) is 0 Å². The van der Waals surface area contributed by atoms with Gasteiger partial charge in [0.1, 0.15) is 22.8 Å². The summed E-state index contributed by atoms with van der Waals surface area (Å²) in [6.45, 7) is 5.97. The highest BCUT2D eigenvalue weighted by Gasteiger charge is 2.21. The third-order valence-corrected chi connectivity index (χ3v) is 9.31. The van der Waals surface area contributed by atoms with Crippen molar-refractivity contribution in [1.29, 1.82) is 0 Å². The highest BCUT2D eigenvalue weighted by molar-refractivity contribution is 6.13. The molecule has 50 heavy (non-hydrogen) atoms. The molecule has 5 nitrogen and oxygen atoms in total. The average Bonchev–Trinajstić information content (AvgIpc) is 3.85. The van der Waals surface area contributed by atoms with Crippen molar-refractivity contribution >= 4 is 39.0 Å². The lowest BCUT2D eigenvalue weighted by atomic mass is 9.99. The van der Waals surface area contributed by atoms with Crippen molar-refractivity contribution in [2.45, 2.75) is 6.92 Å². The molecular weight excluding hydrogens is 613 g/mol. The first-order chi connectivity index (χ1) is 24.7. The number of allylic oxidation sites excluding steroid dienone is 2. The van der Waals surface area contributed by atoms with E-state index in [9.17, 15) is 0 Å². The predicted molar refractivity (Wildman–Crippen MR) is 206 cm³/mol. The first kappa shape index (κ1) is 29.4. The van der Waals surface area contributed by atoms with Crippen LogP contribution < -0.4 is 0 Å². The van der Waals surface area contributed by atoms with Crippen LogP contribution in [-0.2, 0) is 0 Å². The summed E-state index contributed by atoms with van der Waals surface area (Å²) in [5.41, 5.74) is 12.0. The molecule has 0 aliphatic heterocycles. The molecule has 0 spiro atoms. The van der Waals surface area contributed by atoms with Crippen molar-refractivity contribution in [2.75, 3.05) is 0 Å². The van der Waals surface area contributed by atoms with Crippen LogP contribution in [0, 0.1) is 6.92 Å². The third kappa shape index (κ3) is 4.87. The summed E-state index contributed by atoms with van der Waals surface area (Å²) in [5, 5.41) is 2.08. The number of benzene rings is 6. The van der Waals surface area contributed by atoms with Gasteiger partial charge in [0.2, 0.25) is 0 Å². The first-order valence-corrected chi connectivity index (χ1v) is 16.7. The molecule has 0 saturated carbocycles. The summed E-state index contributed by atoms with van der Waals surface area (Å²) in [7, 11) is 0. The molecule has 0 bridgehead atoms.